The summed E-state index contributed by atoms with van der Waals surface area (Å²) in [6.45, 7) is 0.869. The zero-order valence-corrected chi connectivity index (χ0v) is 13.8. The summed E-state index contributed by atoms with van der Waals surface area (Å²) in [6, 6.07) is 16.1. The molecule has 1 fully saturated rings. The Bertz CT molecular complexity index is 804. The Morgan fingerprint density at radius 2 is 1.75 bits per heavy atom. The van der Waals surface area contributed by atoms with Crippen LogP contribution in [0.4, 0.5) is 16.2 Å². The van der Waals surface area contributed by atoms with Crippen molar-refractivity contribution in [3.63, 3.8) is 0 Å². The topological polar surface area (TPSA) is 75.7 Å². The molecule has 2 aromatic carbocycles. The number of amides is 1. The molecular weight excluding hydrogens is 328 g/mol. The molecule has 0 radical (unpaired) electrons. The molecule has 1 aliphatic heterocycles. The van der Waals surface area contributed by atoms with E-state index < -0.39 is 10.0 Å². The fourth-order valence-electron chi connectivity index (χ4n) is 2.46. The lowest BCUT2D eigenvalue weighted by Crippen LogP contribution is -2.23. The minimum atomic E-state index is -3.43. The van der Waals surface area contributed by atoms with Gasteiger partial charge in [0.15, 0.2) is 0 Å². The summed E-state index contributed by atoms with van der Waals surface area (Å²) in [7, 11) is -3.43. The van der Waals surface area contributed by atoms with Gasteiger partial charge in [0.05, 0.1) is 12.3 Å². The second-order valence-corrected chi connectivity index (χ2v) is 7.31. The first kappa shape index (κ1) is 16.3. The summed E-state index contributed by atoms with van der Waals surface area (Å²) in [5.74, 6) is 0.0111. The van der Waals surface area contributed by atoms with Crippen molar-refractivity contribution in [2.45, 2.75) is 6.42 Å². The Kier molecular flexibility index (Phi) is 4.71. The van der Waals surface area contributed by atoms with Crippen molar-refractivity contribution >= 4 is 27.5 Å². The van der Waals surface area contributed by atoms with E-state index in [1.54, 1.807) is 24.3 Å². The summed E-state index contributed by atoms with van der Waals surface area (Å²) in [5, 5.41) is 0. The maximum atomic E-state index is 12.2. The van der Waals surface area contributed by atoms with Crippen LogP contribution in [-0.2, 0) is 21.2 Å². The van der Waals surface area contributed by atoms with Crippen molar-refractivity contribution < 1.29 is 17.9 Å². The molecule has 7 heteroatoms. The van der Waals surface area contributed by atoms with Crippen LogP contribution in [0.1, 0.15) is 5.56 Å². The number of hydrogen-bond acceptors (Lipinski definition) is 4. The highest BCUT2D eigenvalue weighted by molar-refractivity contribution is 7.92. The molecule has 1 amide bonds. The first-order valence-electron chi connectivity index (χ1n) is 7.62. The lowest BCUT2D eigenvalue weighted by molar-refractivity contribution is 0.181. The Morgan fingerprint density at radius 1 is 1.04 bits per heavy atom. The summed E-state index contributed by atoms with van der Waals surface area (Å²) in [4.78, 5) is 13.0. The van der Waals surface area contributed by atoms with Crippen LogP contribution in [0, 0.1) is 0 Å². The Balaban J connectivity index is 1.61. The number of anilines is 2. The van der Waals surface area contributed by atoms with Crippen LogP contribution in [0.5, 0.6) is 0 Å². The van der Waals surface area contributed by atoms with Crippen LogP contribution in [0.25, 0.3) is 0 Å². The third-order valence-corrected chi connectivity index (χ3v) is 5.00. The van der Waals surface area contributed by atoms with Gasteiger partial charge in [-0.15, -0.1) is 0 Å². The van der Waals surface area contributed by atoms with Crippen LogP contribution in [0.3, 0.4) is 0 Å². The van der Waals surface area contributed by atoms with E-state index in [0.717, 1.165) is 5.56 Å². The lowest BCUT2D eigenvalue weighted by Gasteiger charge is -2.13. The number of benzene rings is 2. The number of sulfonamides is 1. The molecule has 1 N–H and O–H groups in total. The molecule has 0 aromatic heterocycles. The van der Waals surface area contributed by atoms with E-state index in [1.807, 2.05) is 30.3 Å². The zero-order valence-electron chi connectivity index (χ0n) is 13.0. The van der Waals surface area contributed by atoms with E-state index in [0.29, 0.717) is 30.9 Å². The van der Waals surface area contributed by atoms with Gasteiger partial charge in [-0.3, -0.25) is 9.62 Å². The van der Waals surface area contributed by atoms with Crippen LogP contribution in [-0.4, -0.2) is 33.4 Å². The SMILES string of the molecule is O=C1OCCN1c1ccc(NS(=O)(=O)CCc2ccccc2)cc1. The minimum absolute atomic E-state index is 0.0111. The van der Waals surface area contributed by atoms with Gasteiger partial charge >= 0.3 is 6.09 Å². The molecule has 0 saturated carbocycles. The molecule has 0 aliphatic carbocycles. The number of ether oxygens (including phenoxy) is 1. The van der Waals surface area contributed by atoms with E-state index in [1.165, 1.54) is 4.90 Å². The number of nitrogens with one attached hydrogen (secondary N) is 1. The highest BCUT2D eigenvalue weighted by Crippen LogP contribution is 2.21. The number of rotatable bonds is 6. The number of aryl methyl sites for hydroxylation is 1. The Labute approximate surface area is 141 Å². The average molecular weight is 346 g/mol. The zero-order chi connectivity index (χ0) is 17.0. The molecule has 1 saturated heterocycles. The van der Waals surface area contributed by atoms with E-state index in [9.17, 15) is 13.2 Å². The van der Waals surface area contributed by atoms with Crippen molar-refractivity contribution in [2.24, 2.45) is 0 Å². The molecule has 2 aromatic rings. The van der Waals surface area contributed by atoms with Gasteiger partial charge in [0.2, 0.25) is 10.0 Å². The molecule has 0 unspecified atom stereocenters. The Morgan fingerprint density at radius 3 is 2.38 bits per heavy atom. The van der Waals surface area contributed by atoms with Gasteiger partial charge in [0, 0.05) is 11.4 Å². The fourth-order valence-corrected chi connectivity index (χ4v) is 3.57. The van der Waals surface area contributed by atoms with Crippen molar-refractivity contribution in [2.75, 3.05) is 28.5 Å². The molecule has 24 heavy (non-hydrogen) atoms. The summed E-state index contributed by atoms with van der Waals surface area (Å²) < 4.78 is 31.8. The van der Waals surface area contributed by atoms with E-state index in [-0.39, 0.29) is 11.8 Å². The quantitative estimate of drug-likeness (QED) is 0.872. The minimum Gasteiger partial charge on any atom is -0.447 e. The molecule has 6 nitrogen and oxygen atoms in total. The van der Waals surface area contributed by atoms with Gasteiger partial charge in [0.25, 0.3) is 0 Å². The summed E-state index contributed by atoms with van der Waals surface area (Å²) in [6.07, 6.45) is 0.0691. The number of hydrogen-bond donors (Lipinski definition) is 1. The second-order valence-electron chi connectivity index (χ2n) is 5.47. The van der Waals surface area contributed by atoms with E-state index in [4.69, 9.17) is 4.74 Å². The van der Waals surface area contributed by atoms with Gasteiger partial charge < -0.3 is 4.74 Å². The molecule has 126 valence electrons. The van der Waals surface area contributed by atoms with Gasteiger partial charge in [0.1, 0.15) is 6.61 Å². The van der Waals surface area contributed by atoms with Crippen molar-refractivity contribution in [1.29, 1.82) is 0 Å². The number of carbonyl (C=O) groups is 1. The highest BCUT2D eigenvalue weighted by atomic mass is 32.2. The van der Waals surface area contributed by atoms with Gasteiger partial charge in [-0.25, -0.2) is 13.2 Å². The standard InChI is InChI=1S/C17H18N2O4S/c20-17-19(11-12-23-17)16-8-6-15(7-9-16)18-24(21,22)13-10-14-4-2-1-3-5-14/h1-9,18H,10-13H2. The van der Waals surface area contributed by atoms with Crippen molar-refractivity contribution in [3.05, 3.63) is 60.2 Å². The molecule has 0 bridgehead atoms. The van der Waals surface area contributed by atoms with Gasteiger partial charge in [-0.1, -0.05) is 30.3 Å². The van der Waals surface area contributed by atoms with Crippen LogP contribution < -0.4 is 9.62 Å². The average Bonchev–Trinajstić information content (AvgIpc) is 3.01. The summed E-state index contributed by atoms with van der Waals surface area (Å²) >= 11 is 0. The van der Waals surface area contributed by atoms with Gasteiger partial charge in [-0.05, 0) is 36.2 Å². The molecule has 1 heterocycles. The molecule has 1 aliphatic rings. The van der Waals surface area contributed by atoms with Gasteiger partial charge in [-0.2, -0.15) is 0 Å². The van der Waals surface area contributed by atoms with E-state index in [2.05, 4.69) is 4.72 Å². The van der Waals surface area contributed by atoms with Crippen LogP contribution >= 0.6 is 0 Å². The third kappa shape index (κ3) is 4.05. The number of nitrogens with zero attached hydrogens (tertiary/aromatic N) is 1. The highest BCUT2D eigenvalue weighted by Gasteiger charge is 2.23. The van der Waals surface area contributed by atoms with Crippen LogP contribution in [0.15, 0.2) is 54.6 Å². The number of cyclic esters (lactones) is 1. The molecule has 3 rings (SSSR count). The monoisotopic (exact) mass is 346 g/mol. The first-order chi connectivity index (χ1) is 11.5. The maximum Gasteiger partial charge on any atom is 0.414 e. The van der Waals surface area contributed by atoms with Crippen molar-refractivity contribution in [1.82, 2.24) is 0 Å². The predicted octanol–water partition coefficient (Wildman–Crippen LogP) is 2.63. The molecule has 0 atom stereocenters. The largest absolute Gasteiger partial charge is 0.447 e. The normalized spacial score (nSPS) is 14.5. The number of carbonyl (C=O) groups excluding carboxylic acids is 1. The predicted molar refractivity (Wildman–Crippen MR) is 92.7 cm³/mol. The fraction of sp³-hybridized carbons (Fsp3) is 0.235. The maximum absolute atomic E-state index is 12.2. The lowest BCUT2D eigenvalue weighted by atomic mass is 10.2. The Hall–Kier alpha value is -2.54. The molecular formula is C17H18N2O4S. The van der Waals surface area contributed by atoms with E-state index >= 15 is 0 Å². The second kappa shape index (κ2) is 6.92. The van der Waals surface area contributed by atoms with Crippen LogP contribution in [0.2, 0.25) is 0 Å². The smallest absolute Gasteiger partial charge is 0.414 e. The summed E-state index contributed by atoms with van der Waals surface area (Å²) in [5.41, 5.74) is 2.13. The first-order valence-corrected chi connectivity index (χ1v) is 9.27. The molecule has 0 spiro atoms. The van der Waals surface area contributed by atoms with Crippen molar-refractivity contribution in [3.8, 4) is 0 Å². The third-order valence-electron chi connectivity index (χ3n) is 3.72.